The van der Waals surface area contributed by atoms with Crippen LogP contribution in [0.4, 0.5) is 10.2 Å². The van der Waals surface area contributed by atoms with Gasteiger partial charge in [0.25, 0.3) is 0 Å². The summed E-state index contributed by atoms with van der Waals surface area (Å²) in [5, 5.41) is 0. The number of anilines is 1. The highest BCUT2D eigenvalue weighted by Crippen LogP contribution is 2.34. The summed E-state index contributed by atoms with van der Waals surface area (Å²) in [7, 11) is 0. The topological polar surface area (TPSA) is 43.3 Å². The molecule has 6 heteroatoms. The van der Waals surface area contributed by atoms with Crippen LogP contribution in [0.1, 0.15) is 0 Å². The van der Waals surface area contributed by atoms with Crippen molar-refractivity contribution in [2.75, 3.05) is 5.73 Å². The lowest BCUT2D eigenvalue weighted by Gasteiger charge is -1.96. The maximum Gasteiger partial charge on any atom is 0.140 e. The molecule has 0 saturated heterocycles. The number of nitrogens with two attached hydrogens (primary N) is 1. The first-order valence-electron chi connectivity index (χ1n) is 4.84. The number of hydrogen-bond donors (Lipinski definition) is 1. The number of fused-ring (bicyclic) bond motifs is 1. The van der Waals surface area contributed by atoms with E-state index in [0.29, 0.717) is 17.2 Å². The largest absolute Gasteiger partial charge is 0.383 e. The molecule has 0 aliphatic heterocycles. The van der Waals surface area contributed by atoms with Crippen molar-refractivity contribution in [2.24, 2.45) is 0 Å². The third-order valence-corrected chi connectivity index (χ3v) is 4.06. The molecule has 0 radical (unpaired) electrons. The molecule has 17 heavy (non-hydrogen) atoms. The highest BCUT2D eigenvalue weighted by Gasteiger charge is 2.13. The fourth-order valence-electron chi connectivity index (χ4n) is 1.66. The van der Waals surface area contributed by atoms with Gasteiger partial charge in [0.2, 0.25) is 0 Å². The van der Waals surface area contributed by atoms with Crippen LogP contribution < -0.4 is 5.73 Å². The Morgan fingerprint density at radius 3 is 2.82 bits per heavy atom. The minimum Gasteiger partial charge on any atom is -0.383 e. The zero-order valence-electron chi connectivity index (χ0n) is 8.52. The summed E-state index contributed by atoms with van der Waals surface area (Å²) in [5.41, 5.74) is 7.30. The monoisotopic (exact) mass is 311 g/mol. The highest BCUT2D eigenvalue weighted by molar-refractivity contribution is 9.11. The molecule has 0 aliphatic carbocycles. The fraction of sp³-hybridized carbons (Fsp3) is 0. The van der Waals surface area contributed by atoms with Crippen LogP contribution in [0.15, 0.2) is 34.2 Å². The van der Waals surface area contributed by atoms with Crippen molar-refractivity contribution in [1.29, 1.82) is 0 Å². The number of imidazole rings is 1. The molecule has 0 unspecified atom stereocenters. The Kier molecular flexibility index (Phi) is 2.41. The highest BCUT2D eigenvalue weighted by atomic mass is 79.9. The van der Waals surface area contributed by atoms with Gasteiger partial charge in [-0.05, 0) is 40.2 Å². The molecule has 0 fully saturated rings. The molecule has 86 valence electrons. The Hall–Kier alpha value is -1.40. The number of thiophene rings is 1. The van der Waals surface area contributed by atoms with E-state index < -0.39 is 0 Å². The van der Waals surface area contributed by atoms with Crippen LogP contribution in [0.3, 0.4) is 0 Å². The summed E-state index contributed by atoms with van der Waals surface area (Å²) >= 11 is 4.93. The first-order chi connectivity index (χ1) is 8.15. The van der Waals surface area contributed by atoms with Crippen LogP contribution in [-0.4, -0.2) is 9.38 Å². The van der Waals surface area contributed by atoms with Crippen molar-refractivity contribution in [2.45, 2.75) is 0 Å². The van der Waals surface area contributed by atoms with Crippen LogP contribution in [0.5, 0.6) is 0 Å². The first-order valence-corrected chi connectivity index (χ1v) is 6.45. The molecule has 0 aromatic carbocycles. The van der Waals surface area contributed by atoms with E-state index in [1.165, 1.54) is 12.3 Å². The lowest BCUT2D eigenvalue weighted by atomic mass is 10.3. The molecular weight excluding hydrogens is 305 g/mol. The van der Waals surface area contributed by atoms with Gasteiger partial charge in [0, 0.05) is 6.20 Å². The van der Waals surface area contributed by atoms with Crippen LogP contribution in [0.2, 0.25) is 0 Å². The van der Waals surface area contributed by atoms with Crippen LogP contribution >= 0.6 is 27.3 Å². The number of nitrogens with zero attached hydrogens (tertiary/aromatic N) is 2. The molecule has 2 N–H and O–H groups in total. The molecule has 3 aromatic heterocycles. The normalized spacial score (nSPS) is 11.2. The Morgan fingerprint density at radius 2 is 2.12 bits per heavy atom. The summed E-state index contributed by atoms with van der Waals surface area (Å²) < 4.78 is 15.7. The smallest absolute Gasteiger partial charge is 0.140 e. The molecule has 3 aromatic rings. The minimum absolute atomic E-state index is 0.333. The average molecular weight is 312 g/mol. The summed E-state index contributed by atoms with van der Waals surface area (Å²) in [5.74, 6) is 0.120. The first kappa shape index (κ1) is 10.7. The molecule has 0 amide bonds. The van der Waals surface area contributed by atoms with Crippen molar-refractivity contribution < 1.29 is 4.39 Å². The van der Waals surface area contributed by atoms with Gasteiger partial charge in [-0.2, -0.15) is 0 Å². The van der Waals surface area contributed by atoms with Gasteiger partial charge in [-0.1, -0.05) is 0 Å². The van der Waals surface area contributed by atoms with E-state index in [1.807, 2.05) is 12.1 Å². The standard InChI is InChI=1S/C11H7BrFN3S/c12-8-3-2-7(17-8)10-11(14)16-5-6(13)1-4-9(16)15-10/h1-5H,14H2. The number of aromatic nitrogens is 2. The van der Waals surface area contributed by atoms with Crippen molar-refractivity contribution in [3.63, 3.8) is 0 Å². The summed E-state index contributed by atoms with van der Waals surface area (Å²) in [6, 6.07) is 6.85. The van der Waals surface area contributed by atoms with Gasteiger partial charge < -0.3 is 5.73 Å². The van der Waals surface area contributed by atoms with Gasteiger partial charge >= 0.3 is 0 Å². The maximum atomic E-state index is 13.1. The van der Waals surface area contributed by atoms with E-state index in [2.05, 4.69) is 20.9 Å². The van der Waals surface area contributed by atoms with E-state index in [0.717, 1.165) is 8.66 Å². The zero-order chi connectivity index (χ0) is 12.0. The Labute approximate surface area is 109 Å². The fourth-order valence-corrected chi connectivity index (χ4v) is 3.04. The molecule has 3 heterocycles. The van der Waals surface area contributed by atoms with Gasteiger partial charge in [-0.3, -0.25) is 4.40 Å². The third kappa shape index (κ3) is 1.73. The van der Waals surface area contributed by atoms with Crippen molar-refractivity contribution in [1.82, 2.24) is 9.38 Å². The Balaban J connectivity index is 2.27. The maximum absolute atomic E-state index is 13.1. The molecule has 0 atom stereocenters. The van der Waals surface area contributed by atoms with E-state index in [-0.39, 0.29) is 5.82 Å². The number of hydrogen-bond acceptors (Lipinski definition) is 3. The molecule has 3 nitrogen and oxygen atoms in total. The molecule has 0 saturated carbocycles. The van der Waals surface area contributed by atoms with Gasteiger partial charge in [0.1, 0.15) is 23.0 Å². The predicted octanol–water partition coefficient (Wildman–Crippen LogP) is 3.55. The van der Waals surface area contributed by atoms with Gasteiger partial charge in [0.05, 0.1) is 8.66 Å². The molecule has 0 bridgehead atoms. The summed E-state index contributed by atoms with van der Waals surface area (Å²) in [6.45, 7) is 0. The summed E-state index contributed by atoms with van der Waals surface area (Å²) in [6.07, 6.45) is 1.34. The molecular formula is C11H7BrFN3S. The predicted molar refractivity (Wildman–Crippen MR) is 70.6 cm³/mol. The second-order valence-corrected chi connectivity index (χ2v) is 5.99. The number of pyridine rings is 1. The lowest BCUT2D eigenvalue weighted by Crippen LogP contribution is -1.94. The van der Waals surface area contributed by atoms with Crippen molar-refractivity contribution >= 4 is 38.7 Å². The van der Waals surface area contributed by atoms with Crippen LogP contribution in [0.25, 0.3) is 16.2 Å². The van der Waals surface area contributed by atoms with E-state index in [1.54, 1.807) is 21.8 Å². The van der Waals surface area contributed by atoms with Gasteiger partial charge in [0.15, 0.2) is 0 Å². The van der Waals surface area contributed by atoms with Gasteiger partial charge in [-0.25, -0.2) is 9.37 Å². The van der Waals surface area contributed by atoms with Crippen LogP contribution in [0, 0.1) is 5.82 Å². The quantitative estimate of drug-likeness (QED) is 0.747. The Morgan fingerprint density at radius 1 is 1.29 bits per heavy atom. The van der Waals surface area contributed by atoms with E-state index in [9.17, 15) is 4.39 Å². The van der Waals surface area contributed by atoms with Crippen LogP contribution in [-0.2, 0) is 0 Å². The molecule has 0 spiro atoms. The lowest BCUT2D eigenvalue weighted by molar-refractivity contribution is 0.619. The number of nitrogen functional groups attached to an aromatic ring is 1. The number of rotatable bonds is 1. The van der Waals surface area contributed by atoms with Gasteiger partial charge in [-0.15, -0.1) is 11.3 Å². The zero-order valence-corrected chi connectivity index (χ0v) is 10.9. The SMILES string of the molecule is Nc1c(-c2ccc(Br)s2)nc2ccc(F)cn12. The van der Waals surface area contributed by atoms with E-state index >= 15 is 0 Å². The van der Waals surface area contributed by atoms with Crippen molar-refractivity contribution in [3.8, 4) is 10.6 Å². The average Bonchev–Trinajstić information content (AvgIpc) is 2.84. The molecule has 3 rings (SSSR count). The number of halogens is 2. The van der Waals surface area contributed by atoms with Crippen molar-refractivity contribution in [3.05, 3.63) is 40.1 Å². The third-order valence-electron chi connectivity index (χ3n) is 2.43. The second kappa shape index (κ2) is 3.82. The second-order valence-electron chi connectivity index (χ2n) is 3.52. The van der Waals surface area contributed by atoms with E-state index in [4.69, 9.17) is 5.73 Å². The minimum atomic E-state index is -0.333. The molecule has 0 aliphatic rings. The Bertz CT molecular complexity index is 704. The summed E-state index contributed by atoms with van der Waals surface area (Å²) in [4.78, 5) is 5.35.